The lowest BCUT2D eigenvalue weighted by atomic mass is 10.0. The lowest BCUT2D eigenvalue weighted by molar-refractivity contribution is 0.0170. The number of halogens is 2. The predicted octanol–water partition coefficient (Wildman–Crippen LogP) is 2.86. The molecule has 1 atom stereocenters. The third kappa shape index (κ3) is 8.82. The van der Waals surface area contributed by atoms with Crippen molar-refractivity contribution in [1.29, 1.82) is 0 Å². The predicted molar refractivity (Wildman–Crippen MR) is 139 cm³/mol. The second-order valence-electron chi connectivity index (χ2n) is 8.40. The number of morpholine rings is 1. The molecule has 0 bridgehead atoms. The number of nitrogens with one attached hydrogen (secondary N) is 2. The second kappa shape index (κ2) is 14.5. The molecule has 2 heterocycles. The molecule has 1 aliphatic rings. The third-order valence-electron chi connectivity index (χ3n) is 5.48. The van der Waals surface area contributed by atoms with Gasteiger partial charge in [-0.05, 0) is 23.6 Å². The summed E-state index contributed by atoms with van der Waals surface area (Å²) in [6.07, 6.45) is 2.62. The van der Waals surface area contributed by atoms with Gasteiger partial charge in [-0.2, -0.15) is 0 Å². The molecule has 1 aliphatic heterocycles. The van der Waals surface area contributed by atoms with E-state index >= 15 is 0 Å². The van der Waals surface area contributed by atoms with Gasteiger partial charge in [-0.1, -0.05) is 32.9 Å². The van der Waals surface area contributed by atoms with Gasteiger partial charge in [-0.3, -0.25) is 9.89 Å². The van der Waals surface area contributed by atoms with Gasteiger partial charge in [0.1, 0.15) is 18.0 Å². The zero-order valence-electron chi connectivity index (χ0n) is 19.8. The number of hydrogen-bond acceptors (Lipinski definition) is 5. The number of benzene rings is 1. The van der Waals surface area contributed by atoms with Crippen LogP contribution in [0.1, 0.15) is 38.2 Å². The van der Waals surface area contributed by atoms with Crippen LogP contribution in [0.4, 0.5) is 4.39 Å². The van der Waals surface area contributed by atoms with E-state index in [0.717, 1.165) is 49.9 Å². The molecule has 0 radical (unpaired) electrons. The Bertz CT molecular complexity index is 838. The van der Waals surface area contributed by atoms with Crippen molar-refractivity contribution in [3.05, 3.63) is 47.8 Å². The number of nitrogens with zero attached hydrogens (tertiary/aromatic N) is 5. The smallest absolute Gasteiger partial charge is 0.191 e. The van der Waals surface area contributed by atoms with Crippen LogP contribution in [0, 0.1) is 11.7 Å². The van der Waals surface area contributed by atoms with Gasteiger partial charge in [-0.25, -0.2) is 4.39 Å². The topological polar surface area (TPSA) is 79.6 Å². The highest BCUT2D eigenvalue weighted by molar-refractivity contribution is 14.0. The first-order chi connectivity index (χ1) is 15.6. The third-order valence-corrected chi connectivity index (χ3v) is 5.48. The maximum Gasteiger partial charge on any atom is 0.191 e. The van der Waals surface area contributed by atoms with Crippen molar-refractivity contribution in [3.63, 3.8) is 0 Å². The molecule has 8 nitrogen and oxygen atoms in total. The van der Waals surface area contributed by atoms with E-state index in [-0.39, 0.29) is 35.8 Å². The Labute approximate surface area is 213 Å². The van der Waals surface area contributed by atoms with E-state index in [4.69, 9.17) is 9.73 Å². The number of guanidine groups is 1. The number of hydrogen-bond donors (Lipinski definition) is 2. The quantitative estimate of drug-likeness (QED) is 0.259. The summed E-state index contributed by atoms with van der Waals surface area (Å²) in [6, 6.07) is 6.90. The minimum atomic E-state index is -0.219. The molecule has 2 aromatic rings. The molecular formula is C23H37FIN7O. The van der Waals surface area contributed by atoms with Crippen molar-refractivity contribution in [2.45, 2.75) is 39.8 Å². The number of rotatable bonds is 10. The molecule has 0 aliphatic carbocycles. The van der Waals surface area contributed by atoms with E-state index in [2.05, 4.69) is 51.1 Å². The average molecular weight is 573 g/mol. The summed E-state index contributed by atoms with van der Waals surface area (Å²) in [5, 5.41) is 15.1. The zero-order chi connectivity index (χ0) is 22.8. The van der Waals surface area contributed by atoms with Crippen LogP contribution in [0.5, 0.6) is 0 Å². The van der Waals surface area contributed by atoms with Crippen molar-refractivity contribution in [2.75, 3.05) is 45.9 Å². The summed E-state index contributed by atoms with van der Waals surface area (Å²) < 4.78 is 21.1. The monoisotopic (exact) mass is 573 g/mol. The van der Waals surface area contributed by atoms with Gasteiger partial charge in [-0.15, -0.1) is 34.2 Å². The number of aliphatic imine (C=N–C) groups is 1. The van der Waals surface area contributed by atoms with Crippen molar-refractivity contribution in [3.8, 4) is 0 Å². The lowest BCUT2D eigenvalue weighted by Crippen LogP contribution is -2.46. The average Bonchev–Trinajstić information content (AvgIpc) is 3.26. The van der Waals surface area contributed by atoms with E-state index < -0.39 is 0 Å². The SMILES string of the molecule is CCc1nncn1CCNC(=NCC(C)C)NCC(c1ccc(F)cc1)N1CCOCC1.I. The zero-order valence-corrected chi connectivity index (χ0v) is 22.2. The molecule has 3 rings (SSSR count). The Morgan fingerprint density at radius 1 is 1.18 bits per heavy atom. The van der Waals surface area contributed by atoms with Crippen molar-refractivity contribution in [1.82, 2.24) is 30.3 Å². The summed E-state index contributed by atoms with van der Waals surface area (Å²) in [5.41, 5.74) is 1.08. The first-order valence-corrected chi connectivity index (χ1v) is 11.5. The molecule has 0 saturated carbocycles. The normalized spacial score (nSPS) is 15.8. The first-order valence-electron chi connectivity index (χ1n) is 11.5. The van der Waals surface area contributed by atoms with Gasteiger partial charge in [0.25, 0.3) is 0 Å². The fourth-order valence-electron chi connectivity index (χ4n) is 3.71. The van der Waals surface area contributed by atoms with Gasteiger partial charge < -0.3 is 19.9 Å². The Morgan fingerprint density at radius 2 is 1.91 bits per heavy atom. The summed E-state index contributed by atoms with van der Waals surface area (Å²) >= 11 is 0. The minimum Gasteiger partial charge on any atom is -0.379 e. The highest BCUT2D eigenvalue weighted by Gasteiger charge is 2.23. The molecule has 184 valence electrons. The van der Waals surface area contributed by atoms with Crippen LogP contribution < -0.4 is 10.6 Å². The van der Waals surface area contributed by atoms with Crippen LogP contribution >= 0.6 is 24.0 Å². The molecule has 33 heavy (non-hydrogen) atoms. The number of ether oxygens (including phenoxy) is 1. The van der Waals surface area contributed by atoms with Gasteiger partial charge >= 0.3 is 0 Å². The van der Waals surface area contributed by atoms with Crippen LogP contribution in [0.25, 0.3) is 0 Å². The molecule has 10 heteroatoms. The number of aryl methyl sites for hydroxylation is 1. The van der Waals surface area contributed by atoms with Gasteiger partial charge in [0.2, 0.25) is 0 Å². The largest absolute Gasteiger partial charge is 0.379 e. The van der Waals surface area contributed by atoms with Gasteiger partial charge in [0.05, 0.1) is 19.3 Å². The van der Waals surface area contributed by atoms with Crippen LogP contribution in [0.3, 0.4) is 0 Å². The molecule has 0 spiro atoms. The van der Waals surface area contributed by atoms with Gasteiger partial charge in [0, 0.05) is 45.7 Å². The van der Waals surface area contributed by atoms with E-state index in [0.29, 0.717) is 32.2 Å². The Balaban J connectivity index is 0.00000385. The first kappa shape index (κ1) is 27.5. The minimum absolute atomic E-state index is 0. The molecule has 0 amide bonds. The molecule has 2 N–H and O–H groups in total. The maximum absolute atomic E-state index is 13.5. The van der Waals surface area contributed by atoms with Crippen LogP contribution in [0.15, 0.2) is 35.6 Å². The molecule has 1 aromatic heterocycles. The lowest BCUT2D eigenvalue weighted by Gasteiger charge is -2.35. The van der Waals surface area contributed by atoms with Crippen LogP contribution in [-0.2, 0) is 17.7 Å². The standard InChI is InChI=1S/C23H36FN7O.HI/c1-4-22-29-28-17-31(22)10-9-25-23(26-15-18(2)3)27-16-21(30-11-13-32-14-12-30)19-5-7-20(24)8-6-19;/h5-8,17-18,21H,4,9-16H2,1-3H3,(H2,25,26,27);1H. The number of aromatic nitrogens is 3. The Hall–Kier alpha value is -1.79. The molecule has 1 aromatic carbocycles. The van der Waals surface area contributed by atoms with E-state index in [1.54, 1.807) is 6.33 Å². The molecule has 1 unspecified atom stereocenters. The summed E-state index contributed by atoms with van der Waals surface area (Å²) in [5.74, 6) is 2.00. The van der Waals surface area contributed by atoms with Crippen LogP contribution in [-0.4, -0.2) is 71.6 Å². The van der Waals surface area contributed by atoms with Crippen molar-refractivity contribution < 1.29 is 9.13 Å². The van der Waals surface area contributed by atoms with E-state index in [1.807, 2.05) is 12.1 Å². The second-order valence-corrected chi connectivity index (χ2v) is 8.40. The fraction of sp³-hybridized carbons (Fsp3) is 0.609. The van der Waals surface area contributed by atoms with E-state index in [1.165, 1.54) is 12.1 Å². The van der Waals surface area contributed by atoms with Crippen LogP contribution in [0.2, 0.25) is 0 Å². The summed E-state index contributed by atoms with van der Waals surface area (Å²) in [7, 11) is 0. The van der Waals surface area contributed by atoms with Crippen molar-refractivity contribution >= 4 is 29.9 Å². The van der Waals surface area contributed by atoms with Crippen molar-refractivity contribution in [2.24, 2.45) is 10.9 Å². The summed E-state index contributed by atoms with van der Waals surface area (Å²) in [4.78, 5) is 7.14. The molecular weight excluding hydrogens is 536 g/mol. The highest BCUT2D eigenvalue weighted by Crippen LogP contribution is 2.21. The van der Waals surface area contributed by atoms with E-state index in [9.17, 15) is 4.39 Å². The molecule has 1 saturated heterocycles. The summed E-state index contributed by atoms with van der Waals surface area (Å²) in [6.45, 7) is 12.4. The van der Waals surface area contributed by atoms with Gasteiger partial charge in [0.15, 0.2) is 5.96 Å². The fourth-order valence-corrected chi connectivity index (χ4v) is 3.71. The highest BCUT2D eigenvalue weighted by atomic mass is 127. The molecule has 1 fully saturated rings. The maximum atomic E-state index is 13.5. The Morgan fingerprint density at radius 3 is 2.58 bits per heavy atom. The Kier molecular flexibility index (Phi) is 12.0.